The molecule has 2 aliphatic rings. The van der Waals surface area contributed by atoms with Crippen LogP contribution in [0.2, 0.25) is 0 Å². The lowest BCUT2D eigenvalue weighted by Gasteiger charge is -2.41. The summed E-state index contributed by atoms with van der Waals surface area (Å²) in [6, 6.07) is 9.27. The lowest BCUT2D eigenvalue weighted by molar-refractivity contribution is -0.118. The number of hydrogen-bond acceptors (Lipinski definition) is 3. The SMILES string of the molecule is N#Cc1ccccc1NC(=O)CN1CCC2CCCCC2C1. The molecular formula is C18H23N3O. The molecule has 4 heteroatoms. The fourth-order valence-electron chi connectivity index (χ4n) is 3.90. The van der Waals surface area contributed by atoms with Crippen molar-refractivity contribution in [2.45, 2.75) is 32.1 Å². The van der Waals surface area contributed by atoms with Crippen LogP contribution in [-0.4, -0.2) is 30.4 Å². The molecule has 1 heterocycles. The van der Waals surface area contributed by atoms with Crippen LogP contribution in [0.4, 0.5) is 5.69 Å². The highest BCUT2D eigenvalue weighted by Gasteiger charge is 2.31. The van der Waals surface area contributed by atoms with Crippen molar-refractivity contribution in [3.05, 3.63) is 29.8 Å². The van der Waals surface area contributed by atoms with Gasteiger partial charge in [-0.25, -0.2) is 0 Å². The number of amides is 1. The lowest BCUT2D eigenvalue weighted by Crippen LogP contribution is -2.44. The monoisotopic (exact) mass is 297 g/mol. The molecule has 1 aromatic carbocycles. The van der Waals surface area contributed by atoms with Crippen LogP contribution in [0.1, 0.15) is 37.7 Å². The highest BCUT2D eigenvalue weighted by Crippen LogP contribution is 2.35. The minimum atomic E-state index is -0.0167. The van der Waals surface area contributed by atoms with Gasteiger partial charge >= 0.3 is 0 Å². The van der Waals surface area contributed by atoms with Crippen molar-refractivity contribution in [2.24, 2.45) is 11.8 Å². The Labute approximate surface area is 132 Å². The van der Waals surface area contributed by atoms with Gasteiger partial charge in [0.1, 0.15) is 6.07 Å². The molecule has 22 heavy (non-hydrogen) atoms. The highest BCUT2D eigenvalue weighted by atomic mass is 16.2. The van der Waals surface area contributed by atoms with Crippen LogP contribution in [-0.2, 0) is 4.79 Å². The Morgan fingerprint density at radius 3 is 2.82 bits per heavy atom. The van der Waals surface area contributed by atoms with Crippen LogP contribution in [0.15, 0.2) is 24.3 Å². The molecule has 0 radical (unpaired) electrons. The molecular weight excluding hydrogens is 274 g/mol. The van der Waals surface area contributed by atoms with E-state index in [1.54, 1.807) is 12.1 Å². The quantitative estimate of drug-likeness (QED) is 0.933. The second-order valence-corrected chi connectivity index (χ2v) is 6.53. The molecule has 2 atom stereocenters. The van der Waals surface area contributed by atoms with E-state index in [4.69, 9.17) is 5.26 Å². The summed E-state index contributed by atoms with van der Waals surface area (Å²) in [5, 5.41) is 11.9. The number of nitrogens with zero attached hydrogens (tertiary/aromatic N) is 2. The van der Waals surface area contributed by atoms with E-state index in [1.807, 2.05) is 12.1 Å². The predicted octanol–water partition coefficient (Wildman–Crippen LogP) is 3.01. The first kappa shape index (κ1) is 15.1. The molecule has 3 rings (SSSR count). The van der Waals surface area contributed by atoms with E-state index in [1.165, 1.54) is 32.1 Å². The Hall–Kier alpha value is -1.86. The first-order valence-corrected chi connectivity index (χ1v) is 8.27. The van der Waals surface area contributed by atoms with Crippen LogP contribution in [0.25, 0.3) is 0 Å². The van der Waals surface area contributed by atoms with Crippen LogP contribution in [0, 0.1) is 23.2 Å². The highest BCUT2D eigenvalue weighted by molar-refractivity contribution is 5.93. The third-order valence-corrected chi connectivity index (χ3v) is 5.06. The van der Waals surface area contributed by atoms with Crippen molar-refractivity contribution in [1.29, 1.82) is 5.26 Å². The van der Waals surface area contributed by atoms with Crippen molar-refractivity contribution in [3.8, 4) is 6.07 Å². The molecule has 1 amide bonds. The van der Waals surface area contributed by atoms with Gasteiger partial charge in [0.25, 0.3) is 0 Å². The fraction of sp³-hybridized carbons (Fsp3) is 0.556. The van der Waals surface area contributed by atoms with Crippen molar-refractivity contribution in [3.63, 3.8) is 0 Å². The van der Waals surface area contributed by atoms with Gasteiger partial charge in [0.05, 0.1) is 17.8 Å². The topological polar surface area (TPSA) is 56.1 Å². The van der Waals surface area contributed by atoms with Crippen LogP contribution in [0.5, 0.6) is 0 Å². The minimum Gasteiger partial charge on any atom is -0.324 e. The van der Waals surface area contributed by atoms with Gasteiger partial charge in [-0.2, -0.15) is 5.26 Å². The Morgan fingerprint density at radius 1 is 1.23 bits per heavy atom. The van der Waals surface area contributed by atoms with E-state index in [9.17, 15) is 4.79 Å². The number of nitriles is 1. The largest absolute Gasteiger partial charge is 0.324 e. The summed E-state index contributed by atoms with van der Waals surface area (Å²) in [6.07, 6.45) is 6.65. The first-order chi connectivity index (χ1) is 10.8. The maximum Gasteiger partial charge on any atom is 0.238 e. The average molecular weight is 297 g/mol. The molecule has 0 bridgehead atoms. The molecule has 1 aliphatic heterocycles. The minimum absolute atomic E-state index is 0.0167. The molecule has 4 nitrogen and oxygen atoms in total. The summed E-state index contributed by atoms with van der Waals surface area (Å²) < 4.78 is 0. The number of rotatable bonds is 3. The second kappa shape index (κ2) is 6.93. The van der Waals surface area contributed by atoms with Gasteiger partial charge < -0.3 is 5.32 Å². The maximum absolute atomic E-state index is 12.2. The number of anilines is 1. The lowest BCUT2D eigenvalue weighted by atomic mass is 9.75. The fourth-order valence-corrected chi connectivity index (χ4v) is 3.90. The van der Waals surface area contributed by atoms with Gasteiger partial charge in [-0.3, -0.25) is 9.69 Å². The zero-order valence-electron chi connectivity index (χ0n) is 12.9. The molecule has 2 fully saturated rings. The Bertz CT molecular complexity index is 578. The zero-order valence-corrected chi connectivity index (χ0v) is 12.9. The van der Waals surface area contributed by atoms with Gasteiger partial charge in [0.2, 0.25) is 5.91 Å². The van der Waals surface area contributed by atoms with Gasteiger partial charge in [-0.1, -0.05) is 31.4 Å². The third kappa shape index (κ3) is 3.48. The summed E-state index contributed by atoms with van der Waals surface area (Å²) in [4.78, 5) is 14.5. The number of hydrogen-bond donors (Lipinski definition) is 1. The predicted molar refractivity (Wildman–Crippen MR) is 86.3 cm³/mol. The van der Waals surface area contributed by atoms with Crippen molar-refractivity contribution in [2.75, 3.05) is 25.0 Å². The molecule has 1 N–H and O–H groups in total. The van der Waals surface area contributed by atoms with E-state index in [-0.39, 0.29) is 5.91 Å². The van der Waals surface area contributed by atoms with Gasteiger partial charge in [-0.15, -0.1) is 0 Å². The Kier molecular flexibility index (Phi) is 4.74. The number of nitrogens with one attached hydrogen (secondary N) is 1. The van der Waals surface area contributed by atoms with E-state index in [2.05, 4.69) is 16.3 Å². The molecule has 1 saturated carbocycles. The summed E-state index contributed by atoms with van der Waals surface area (Å²) in [5.41, 5.74) is 1.13. The van der Waals surface area contributed by atoms with E-state index in [0.29, 0.717) is 17.8 Å². The molecule has 116 valence electrons. The summed E-state index contributed by atoms with van der Waals surface area (Å²) in [7, 11) is 0. The summed E-state index contributed by atoms with van der Waals surface area (Å²) in [5.74, 6) is 1.64. The van der Waals surface area contributed by atoms with Crippen LogP contribution >= 0.6 is 0 Å². The number of carbonyl (C=O) groups excluding carboxylic acids is 1. The number of benzene rings is 1. The number of para-hydroxylation sites is 1. The average Bonchev–Trinajstić information content (AvgIpc) is 2.55. The Morgan fingerprint density at radius 2 is 2.00 bits per heavy atom. The third-order valence-electron chi connectivity index (χ3n) is 5.06. The Balaban J connectivity index is 1.55. The van der Waals surface area contributed by atoms with Crippen molar-refractivity contribution < 1.29 is 4.79 Å². The van der Waals surface area contributed by atoms with E-state index < -0.39 is 0 Å². The second-order valence-electron chi connectivity index (χ2n) is 6.53. The molecule has 1 aliphatic carbocycles. The zero-order chi connectivity index (χ0) is 15.4. The van der Waals surface area contributed by atoms with E-state index >= 15 is 0 Å². The van der Waals surface area contributed by atoms with Crippen molar-refractivity contribution in [1.82, 2.24) is 4.90 Å². The number of likely N-dealkylation sites (tertiary alicyclic amines) is 1. The standard InChI is InChI=1S/C18H23N3O/c19-11-15-6-3-4-8-17(15)20-18(22)13-21-10-9-14-5-1-2-7-16(14)12-21/h3-4,6,8,14,16H,1-2,5,7,9-10,12-13H2,(H,20,22). The normalized spacial score (nSPS) is 25.0. The molecule has 1 aromatic rings. The number of fused-ring (bicyclic) bond motifs is 1. The molecule has 0 spiro atoms. The van der Waals surface area contributed by atoms with Crippen LogP contribution in [0.3, 0.4) is 0 Å². The summed E-state index contributed by atoms with van der Waals surface area (Å²) >= 11 is 0. The van der Waals surface area contributed by atoms with Crippen LogP contribution < -0.4 is 5.32 Å². The van der Waals surface area contributed by atoms with Crippen molar-refractivity contribution >= 4 is 11.6 Å². The van der Waals surface area contributed by atoms with E-state index in [0.717, 1.165) is 24.9 Å². The first-order valence-electron chi connectivity index (χ1n) is 8.27. The van der Waals surface area contributed by atoms with Gasteiger partial charge in [0.15, 0.2) is 0 Å². The maximum atomic E-state index is 12.2. The molecule has 2 unspecified atom stereocenters. The van der Waals surface area contributed by atoms with Gasteiger partial charge in [0, 0.05) is 6.54 Å². The molecule has 0 aromatic heterocycles. The smallest absolute Gasteiger partial charge is 0.238 e. The summed E-state index contributed by atoms with van der Waals surface area (Å²) in [6.45, 7) is 2.51. The van der Waals surface area contributed by atoms with Gasteiger partial charge in [-0.05, 0) is 43.4 Å². The number of piperidine rings is 1. The molecule has 1 saturated heterocycles. The number of carbonyl (C=O) groups is 1.